The molecule has 0 aromatic carbocycles. The van der Waals surface area contributed by atoms with Gasteiger partial charge in [-0.05, 0) is 0 Å². The van der Waals surface area contributed by atoms with Crippen LogP contribution in [0, 0.1) is 0 Å². The number of hydrogen-bond donors (Lipinski definition) is 7. The van der Waals surface area contributed by atoms with Crippen molar-refractivity contribution in [1.82, 2.24) is 5.64 Å². The van der Waals surface area contributed by atoms with Crippen LogP contribution in [0.25, 0.3) is 0 Å². The van der Waals surface area contributed by atoms with E-state index >= 15 is 0 Å². The number of phosphoric acid groups is 1. The molecule has 18 heavy (non-hydrogen) atoms. The molecule has 7 N–H and O–H groups in total. The van der Waals surface area contributed by atoms with Gasteiger partial charge in [-0.2, -0.15) is 4.62 Å². The normalized spacial score (nSPS) is 21.7. The molecule has 0 spiro atoms. The second-order valence-electron chi connectivity index (χ2n) is 3.12. The summed E-state index contributed by atoms with van der Waals surface area (Å²) in [5.41, 5.74) is 0.893. The van der Waals surface area contributed by atoms with Gasteiger partial charge < -0.3 is 30.1 Å². The number of hydrogen-bond acceptors (Lipinski definition) is 10. The SMILES string of the molecule is O=C[C@H](O)[C@@H](O)[C@H](O)[C@H](O)COP(=O)(O)ONO. The molecule has 0 aliphatic rings. The van der Waals surface area contributed by atoms with Crippen LogP contribution in [0.3, 0.4) is 0 Å². The van der Waals surface area contributed by atoms with Crippen LogP contribution in [-0.2, 0) is 18.5 Å². The van der Waals surface area contributed by atoms with Gasteiger partial charge in [-0.15, -0.1) is 0 Å². The molecule has 0 aliphatic heterocycles. The van der Waals surface area contributed by atoms with Crippen molar-refractivity contribution in [2.75, 3.05) is 6.61 Å². The Balaban J connectivity index is 4.28. The fourth-order valence-electron chi connectivity index (χ4n) is 0.857. The van der Waals surface area contributed by atoms with Crippen LogP contribution in [0.15, 0.2) is 0 Å². The monoisotopic (exact) mass is 291 g/mol. The molecule has 0 saturated carbocycles. The molecule has 0 amide bonds. The van der Waals surface area contributed by atoms with Gasteiger partial charge in [0.25, 0.3) is 0 Å². The maximum atomic E-state index is 10.8. The first-order valence-corrected chi connectivity index (χ1v) is 5.97. The third-order valence-electron chi connectivity index (χ3n) is 1.80. The Hall–Kier alpha value is -0.460. The highest BCUT2D eigenvalue weighted by molar-refractivity contribution is 7.47. The lowest BCUT2D eigenvalue weighted by atomic mass is 10.0. The van der Waals surface area contributed by atoms with Crippen molar-refractivity contribution in [3.8, 4) is 0 Å². The lowest BCUT2D eigenvalue weighted by Crippen LogP contribution is -2.46. The third-order valence-corrected chi connectivity index (χ3v) is 2.59. The Bertz CT molecular complexity index is 300. The van der Waals surface area contributed by atoms with E-state index in [0.717, 1.165) is 5.64 Å². The smallest absolute Gasteiger partial charge is 0.388 e. The molecule has 5 atom stereocenters. The van der Waals surface area contributed by atoms with Crippen molar-refractivity contribution >= 4 is 14.1 Å². The van der Waals surface area contributed by atoms with Crippen LogP contribution in [0.4, 0.5) is 0 Å². The first-order chi connectivity index (χ1) is 8.25. The van der Waals surface area contributed by atoms with Gasteiger partial charge in [0, 0.05) is 0 Å². The predicted octanol–water partition coefficient (Wildman–Crippen LogP) is -3.34. The van der Waals surface area contributed by atoms with Crippen LogP contribution >= 0.6 is 7.82 Å². The van der Waals surface area contributed by atoms with Crippen LogP contribution in [0.1, 0.15) is 0 Å². The van der Waals surface area contributed by atoms with Gasteiger partial charge in [0.15, 0.2) is 6.29 Å². The highest BCUT2D eigenvalue weighted by atomic mass is 31.2. The molecule has 0 aromatic heterocycles. The number of rotatable bonds is 9. The van der Waals surface area contributed by atoms with Crippen LogP contribution < -0.4 is 5.64 Å². The molecule has 108 valence electrons. The van der Waals surface area contributed by atoms with Gasteiger partial charge in [-0.3, -0.25) is 9.73 Å². The van der Waals surface area contributed by atoms with Crippen LogP contribution in [-0.4, -0.2) is 67.8 Å². The Morgan fingerprint density at radius 3 is 2.22 bits per heavy atom. The number of carbonyl (C=O) groups is 1. The average Bonchev–Trinajstić information content (AvgIpc) is 2.33. The molecule has 0 rings (SSSR count). The fourth-order valence-corrected chi connectivity index (χ4v) is 1.35. The molecule has 0 bridgehead atoms. The zero-order chi connectivity index (χ0) is 14.3. The van der Waals surface area contributed by atoms with E-state index in [0.29, 0.717) is 0 Å². The number of aliphatic hydroxyl groups excluding tert-OH is 4. The molecule has 1 unspecified atom stereocenters. The minimum absolute atomic E-state index is 0.0722. The number of phosphoric ester groups is 1. The number of carbonyl (C=O) groups excluding carboxylic acids is 1. The topological polar surface area (TPSA) is 186 Å². The molecule has 12 heteroatoms. The van der Waals surface area contributed by atoms with E-state index in [2.05, 4.69) is 9.15 Å². The van der Waals surface area contributed by atoms with Gasteiger partial charge in [0.1, 0.15) is 24.4 Å². The number of aldehydes is 1. The second-order valence-corrected chi connectivity index (χ2v) is 4.50. The summed E-state index contributed by atoms with van der Waals surface area (Å²) in [6.45, 7) is -0.973. The van der Waals surface area contributed by atoms with E-state index in [-0.39, 0.29) is 6.29 Å². The zero-order valence-electron chi connectivity index (χ0n) is 8.86. The van der Waals surface area contributed by atoms with Gasteiger partial charge in [-0.25, -0.2) is 4.57 Å². The van der Waals surface area contributed by atoms with E-state index in [4.69, 9.17) is 20.3 Å². The number of nitrogens with one attached hydrogen (secondary N) is 1. The zero-order valence-corrected chi connectivity index (χ0v) is 9.75. The Labute approximate surface area is 101 Å². The van der Waals surface area contributed by atoms with E-state index in [1.165, 1.54) is 0 Å². The van der Waals surface area contributed by atoms with E-state index < -0.39 is 38.8 Å². The van der Waals surface area contributed by atoms with Crippen LogP contribution in [0.5, 0.6) is 0 Å². The third kappa shape index (κ3) is 5.93. The molecule has 0 radical (unpaired) electrons. The van der Waals surface area contributed by atoms with E-state index in [1.54, 1.807) is 0 Å². The first kappa shape index (κ1) is 17.5. The maximum Gasteiger partial charge on any atom is 0.490 e. The standard InChI is InChI=1S/C6H14NO10P/c8-1-3(9)5(11)6(12)4(10)2-16-18(14,15)17-7-13/h1,3-7,9-13H,2H2,(H,14,15)/t3-,4+,5+,6+/m0/s1. The van der Waals surface area contributed by atoms with Crippen molar-refractivity contribution in [2.45, 2.75) is 24.4 Å². The van der Waals surface area contributed by atoms with Gasteiger partial charge in [0.05, 0.1) is 6.61 Å². The largest absolute Gasteiger partial charge is 0.490 e. The summed E-state index contributed by atoms with van der Waals surface area (Å²) >= 11 is 0. The second kappa shape index (κ2) is 7.86. The van der Waals surface area contributed by atoms with Crippen molar-refractivity contribution < 1.29 is 49.0 Å². The minimum atomic E-state index is -4.69. The van der Waals surface area contributed by atoms with Crippen molar-refractivity contribution in [3.05, 3.63) is 0 Å². The lowest BCUT2D eigenvalue weighted by molar-refractivity contribution is -0.137. The molecular formula is C6H14NO10P. The summed E-state index contributed by atoms with van der Waals surface area (Å²) in [4.78, 5) is 18.9. The highest BCUT2D eigenvalue weighted by Gasteiger charge is 2.32. The summed E-state index contributed by atoms with van der Waals surface area (Å²) in [5.74, 6) is 0. The summed E-state index contributed by atoms with van der Waals surface area (Å²) in [7, 11) is -4.69. The Morgan fingerprint density at radius 1 is 1.22 bits per heavy atom. The van der Waals surface area contributed by atoms with Gasteiger partial charge in [-0.1, -0.05) is 5.64 Å². The van der Waals surface area contributed by atoms with E-state index in [9.17, 15) is 19.6 Å². The summed E-state index contributed by atoms with van der Waals surface area (Å²) in [6, 6.07) is 0. The molecule has 0 saturated heterocycles. The summed E-state index contributed by atoms with van der Waals surface area (Å²) in [5, 5.41) is 44.4. The van der Waals surface area contributed by atoms with Crippen molar-refractivity contribution in [3.63, 3.8) is 0 Å². The predicted molar refractivity (Wildman–Crippen MR) is 51.9 cm³/mol. The highest BCUT2D eigenvalue weighted by Crippen LogP contribution is 2.41. The van der Waals surface area contributed by atoms with Gasteiger partial charge in [0.2, 0.25) is 0 Å². The Kier molecular flexibility index (Phi) is 7.66. The molecular weight excluding hydrogens is 277 g/mol. The molecule has 0 aliphatic carbocycles. The van der Waals surface area contributed by atoms with Gasteiger partial charge >= 0.3 is 7.82 Å². The van der Waals surface area contributed by atoms with Crippen molar-refractivity contribution in [1.29, 1.82) is 0 Å². The molecule has 0 heterocycles. The quantitative estimate of drug-likeness (QED) is 0.128. The fraction of sp³-hybridized carbons (Fsp3) is 0.833. The Morgan fingerprint density at radius 2 is 1.78 bits per heavy atom. The molecule has 0 fully saturated rings. The lowest BCUT2D eigenvalue weighted by Gasteiger charge is -2.24. The number of aliphatic hydroxyl groups is 4. The summed E-state index contributed by atoms with van der Waals surface area (Å²) in [6.07, 6.45) is -7.91. The summed E-state index contributed by atoms with van der Waals surface area (Å²) < 4.78 is 18.5. The molecule has 0 aromatic rings. The van der Waals surface area contributed by atoms with E-state index in [1.807, 2.05) is 0 Å². The average molecular weight is 291 g/mol. The molecule has 11 nitrogen and oxygen atoms in total. The minimum Gasteiger partial charge on any atom is -0.388 e. The maximum absolute atomic E-state index is 10.8. The van der Waals surface area contributed by atoms with Crippen LogP contribution in [0.2, 0.25) is 0 Å². The van der Waals surface area contributed by atoms with Crippen molar-refractivity contribution in [2.24, 2.45) is 0 Å². The first-order valence-electron chi connectivity index (χ1n) is 4.47.